The van der Waals surface area contributed by atoms with Crippen molar-refractivity contribution >= 4 is 16.5 Å². The number of nitroso groups, excluding NO2 is 1. The van der Waals surface area contributed by atoms with E-state index in [0.29, 0.717) is 0 Å². The fourth-order valence-corrected chi connectivity index (χ4v) is 4.16. The van der Waals surface area contributed by atoms with Crippen LogP contribution in [0, 0.1) is 10.3 Å². The first-order chi connectivity index (χ1) is 9.12. The van der Waals surface area contributed by atoms with Crippen molar-refractivity contribution in [2.45, 2.75) is 32.7 Å². The van der Waals surface area contributed by atoms with Crippen molar-refractivity contribution in [1.82, 2.24) is 4.98 Å². The van der Waals surface area contributed by atoms with Gasteiger partial charge in [0.15, 0.2) is 5.13 Å². The second-order valence-electron chi connectivity index (χ2n) is 5.90. The average Bonchev–Trinajstić information content (AvgIpc) is 2.83. The molecule has 0 radical (unpaired) electrons. The van der Waals surface area contributed by atoms with Crippen molar-refractivity contribution in [1.29, 1.82) is 0 Å². The Labute approximate surface area is 116 Å². The maximum Gasteiger partial charge on any atom is 0.186 e. The van der Waals surface area contributed by atoms with Gasteiger partial charge in [-0.1, -0.05) is 30.4 Å². The summed E-state index contributed by atoms with van der Waals surface area (Å²) in [4.78, 5) is 19.3. The lowest BCUT2D eigenvalue weighted by molar-refractivity contribution is 0.122. The van der Waals surface area contributed by atoms with Crippen LogP contribution in [0.2, 0.25) is 0 Å². The van der Waals surface area contributed by atoms with E-state index in [-0.39, 0.29) is 11.5 Å². The monoisotopic (exact) mass is 281 g/mol. The molecule has 19 heavy (non-hydrogen) atoms. The first-order valence-corrected chi connectivity index (χ1v) is 7.58. The number of aryl methyl sites for hydroxylation is 1. The topological polar surface area (TPSA) is 54.8 Å². The Morgan fingerprint density at radius 3 is 2.84 bits per heavy atom. The lowest BCUT2D eigenvalue weighted by atomic mass is 9.75. The highest BCUT2D eigenvalue weighted by Crippen LogP contribution is 2.49. The number of hydrogen-bond acceptors (Lipinski definition) is 6. The normalized spacial score (nSPS) is 26.0. The molecule has 5 nitrogen and oxygen atoms in total. The molecular formula is C13H19N3O2S. The van der Waals surface area contributed by atoms with Gasteiger partial charge in [-0.05, 0) is 18.3 Å². The summed E-state index contributed by atoms with van der Waals surface area (Å²) in [6.45, 7) is 7.52. The molecule has 104 valence electrons. The minimum atomic E-state index is -0.247. The molecule has 0 saturated carbocycles. The van der Waals surface area contributed by atoms with Crippen molar-refractivity contribution in [2.24, 2.45) is 10.6 Å². The quantitative estimate of drug-likeness (QED) is 0.782. The zero-order valence-corrected chi connectivity index (χ0v) is 12.2. The molecule has 1 atom stereocenters. The SMILES string of the molecule is CC1(C)CCc2nc(N3CCOCC3)sc2C1N=O. The number of hydrogen-bond donors (Lipinski definition) is 0. The van der Waals surface area contributed by atoms with E-state index in [4.69, 9.17) is 9.72 Å². The van der Waals surface area contributed by atoms with Crippen LogP contribution >= 0.6 is 11.3 Å². The standard InChI is InChI=1S/C13H19N3O2S/c1-13(2)4-3-9-10(11(13)15-17)19-12(14-9)16-5-7-18-8-6-16/h11H,3-8H2,1-2H3. The van der Waals surface area contributed by atoms with Gasteiger partial charge in [0.1, 0.15) is 6.04 Å². The predicted molar refractivity (Wildman–Crippen MR) is 75.8 cm³/mol. The largest absolute Gasteiger partial charge is 0.378 e. The van der Waals surface area contributed by atoms with E-state index >= 15 is 0 Å². The smallest absolute Gasteiger partial charge is 0.186 e. The van der Waals surface area contributed by atoms with E-state index in [0.717, 1.165) is 54.8 Å². The van der Waals surface area contributed by atoms with Gasteiger partial charge in [0.05, 0.1) is 23.8 Å². The molecule has 6 heteroatoms. The van der Waals surface area contributed by atoms with Gasteiger partial charge in [-0.3, -0.25) is 0 Å². The van der Waals surface area contributed by atoms with Gasteiger partial charge < -0.3 is 9.64 Å². The molecule has 3 rings (SSSR count). The van der Waals surface area contributed by atoms with Gasteiger partial charge in [0.25, 0.3) is 0 Å². The molecule has 1 aromatic rings. The number of anilines is 1. The molecule has 1 aromatic heterocycles. The van der Waals surface area contributed by atoms with Crippen LogP contribution in [-0.4, -0.2) is 31.3 Å². The number of nitrogens with zero attached hydrogens (tertiary/aromatic N) is 3. The van der Waals surface area contributed by atoms with Crippen LogP contribution in [0.1, 0.15) is 36.9 Å². The minimum absolute atomic E-state index is 0.0520. The van der Waals surface area contributed by atoms with Gasteiger partial charge in [0, 0.05) is 13.1 Å². The highest BCUT2D eigenvalue weighted by atomic mass is 32.1. The lowest BCUT2D eigenvalue weighted by Gasteiger charge is -2.32. The van der Waals surface area contributed by atoms with E-state index in [9.17, 15) is 4.91 Å². The van der Waals surface area contributed by atoms with E-state index in [1.54, 1.807) is 11.3 Å². The summed E-state index contributed by atoms with van der Waals surface area (Å²) < 4.78 is 5.37. The van der Waals surface area contributed by atoms with E-state index < -0.39 is 0 Å². The average molecular weight is 281 g/mol. The molecule has 1 fully saturated rings. The summed E-state index contributed by atoms with van der Waals surface area (Å²) in [5.74, 6) is 0. The molecule has 0 bridgehead atoms. The highest BCUT2D eigenvalue weighted by Gasteiger charge is 2.40. The van der Waals surface area contributed by atoms with Crippen molar-refractivity contribution in [3.63, 3.8) is 0 Å². The Balaban J connectivity index is 1.92. The maximum atomic E-state index is 11.2. The number of fused-ring (bicyclic) bond motifs is 1. The van der Waals surface area contributed by atoms with Gasteiger partial charge in [-0.2, -0.15) is 4.91 Å². The molecule has 2 aliphatic rings. The van der Waals surface area contributed by atoms with Gasteiger partial charge in [0.2, 0.25) is 0 Å². The first-order valence-electron chi connectivity index (χ1n) is 6.76. The predicted octanol–water partition coefficient (Wildman–Crippen LogP) is 2.76. The number of morpholine rings is 1. The summed E-state index contributed by atoms with van der Waals surface area (Å²) in [7, 11) is 0. The van der Waals surface area contributed by atoms with Crippen LogP contribution in [0.4, 0.5) is 5.13 Å². The molecule has 0 spiro atoms. The molecule has 1 unspecified atom stereocenters. The van der Waals surface area contributed by atoms with Gasteiger partial charge in [-0.15, -0.1) is 0 Å². The Hall–Kier alpha value is -1.01. The van der Waals surface area contributed by atoms with E-state index in [1.807, 2.05) is 0 Å². The summed E-state index contributed by atoms with van der Waals surface area (Å²) in [6, 6.07) is -0.247. The highest BCUT2D eigenvalue weighted by molar-refractivity contribution is 7.15. The maximum absolute atomic E-state index is 11.2. The van der Waals surface area contributed by atoms with Crippen LogP contribution < -0.4 is 4.90 Å². The third kappa shape index (κ3) is 2.27. The van der Waals surface area contributed by atoms with Crippen LogP contribution in [-0.2, 0) is 11.2 Å². The Morgan fingerprint density at radius 1 is 1.42 bits per heavy atom. The number of ether oxygens (including phenoxy) is 1. The molecule has 0 amide bonds. The Bertz CT molecular complexity index is 480. The number of aromatic nitrogens is 1. The van der Waals surface area contributed by atoms with Crippen molar-refractivity contribution in [3.8, 4) is 0 Å². The molecule has 1 aliphatic carbocycles. The van der Waals surface area contributed by atoms with Crippen LogP contribution in [0.3, 0.4) is 0 Å². The zero-order valence-electron chi connectivity index (χ0n) is 11.4. The second kappa shape index (κ2) is 4.83. The zero-order chi connectivity index (χ0) is 13.5. The summed E-state index contributed by atoms with van der Waals surface area (Å²) in [5, 5.41) is 4.40. The van der Waals surface area contributed by atoms with Gasteiger partial charge in [-0.25, -0.2) is 4.98 Å². The fraction of sp³-hybridized carbons (Fsp3) is 0.769. The molecule has 1 saturated heterocycles. The van der Waals surface area contributed by atoms with E-state index in [1.165, 1.54) is 0 Å². The Kier molecular flexibility index (Phi) is 3.30. The van der Waals surface area contributed by atoms with Crippen molar-refractivity contribution in [3.05, 3.63) is 15.5 Å². The lowest BCUT2D eigenvalue weighted by Crippen LogP contribution is -2.36. The van der Waals surface area contributed by atoms with Crippen LogP contribution in [0.25, 0.3) is 0 Å². The molecule has 0 N–H and O–H groups in total. The van der Waals surface area contributed by atoms with E-state index in [2.05, 4.69) is 23.9 Å². The molecular weight excluding hydrogens is 262 g/mol. The first kappa shape index (κ1) is 13.0. The Morgan fingerprint density at radius 2 is 2.16 bits per heavy atom. The second-order valence-corrected chi connectivity index (χ2v) is 6.91. The molecule has 0 aromatic carbocycles. The molecule has 2 heterocycles. The summed E-state index contributed by atoms with van der Waals surface area (Å²) >= 11 is 1.64. The van der Waals surface area contributed by atoms with Crippen molar-refractivity contribution in [2.75, 3.05) is 31.2 Å². The number of rotatable bonds is 2. The van der Waals surface area contributed by atoms with Crippen LogP contribution in [0.5, 0.6) is 0 Å². The van der Waals surface area contributed by atoms with Crippen molar-refractivity contribution < 1.29 is 4.74 Å². The summed E-state index contributed by atoms with van der Waals surface area (Å²) in [6.07, 6.45) is 1.93. The van der Waals surface area contributed by atoms with Gasteiger partial charge >= 0.3 is 0 Å². The third-order valence-corrected chi connectivity index (χ3v) is 5.31. The third-order valence-electron chi connectivity index (χ3n) is 4.10. The summed E-state index contributed by atoms with van der Waals surface area (Å²) in [5.41, 5.74) is 1.03. The minimum Gasteiger partial charge on any atom is -0.378 e. The molecule has 1 aliphatic heterocycles. The fourth-order valence-electron chi connectivity index (χ4n) is 2.76. The number of thiazole rings is 1. The van der Waals surface area contributed by atoms with Crippen LogP contribution in [0.15, 0.2) is 5.18 Å².